The maximum Gasteiger partial charge on any atom is 0.196 e. The van der Waals surface area contributed by atoms with Crippen LogP contribution in [0.4, 0.5) is 10.1 Å². The zero-order chi connectivity index (χ0) is 15.0. The van der Waals surface area contributed by atoms with Crippen LogP contribution in [0.1, 0.15) is 11.6 Å². The van der Waals surface area contributed by atoms with Gasteiger partial charge in [-0.1, -0.05) is 29.8 Å². The number of anilines is 1. The molecule has 2 aromatic carbocycles. The number of guanidine groups is 1. The van der Waals surface area contributed by atoms with Crippen LogP contribution >= 0.6 is 27.5 Å². The summed E-state index contributed by atoms with van der Waals surface area (Å²) in [4.78, 5) is 6.07. The molecule has 0 aromatic heterocycles. The largest absolute Gasteiger partial charge is 0.369 e. The van der Waals surface area contributed by atoms with Crippen LogP contribution in [0.25, 0.3) is 0 Å². The average molecular weight is 369 g/mol. The maximum absolute atomic E-state index is 14.1. The van der Waals surface area contributed by atoms with Gasteiger partial charge in [-0.05, 0) is 40.2 Å². The van der Waals surface area contributed by atoms with Gasteiger partial charge < -0.3 is 10.6 Å². The molecular formula is C15H12BrClFN3. The summed E-state index contributed by atoms with van der Waals surface area (Å²) in [6.45, 7) is 0.424. The van der Waals surface area contributed by atoms with E-state index in [1.54, 1.807) is 18.2 Å². The summed E-state index contributed by atoms with van der Waals surface area (Å²) < 4.78 is 14.8. The van der Waals surface area contributed by atoms with Crippen LogP contribution in [0.2, 0.25) is 5.02 Å². The third-order valence-corrected chi connectivity index (χ3v) is 4.64. The highest BCUT2D eigenvalue weighted by molar-refractivity contribution is 9.10. The molecular weight excluding hydrogens is 357 g/mol. The minimum atomic E-state index is -0.259. The Morgan fingerprint density at radius 1 is 1.29 bits per heavy atom. The molecule has 3 rings (SSSR count). The Morgan fingerprint density at radius 3 is 2.76 bits per heavy atom. The van der Waals surface area contributed by atoms with Crippen molar-refractivity contribution in [1.82, 2.24) is 0 Å². The third kappa shape index (κ3) is 2.63. The SMILES string of the molecule is NC1=NCC(c2ccccc2F)N1c1ccc(Cl)c(Br)c1. The molecule has 3 nitrogen and oxygen atoms in total. The number of nitrogens with two attached hydrogens (primary N) is 1. The van der Waals surface area contributed by atoms with E-state index in [0.29, 0.717) is 23.1 Å². The number of hydrogen-bond acceptors (Lipinski definition) is 3. The van der Waals surface area contributed by atoms with Crippen molar-refractivity contribution in [2.45, 2.75) is 6.04 Å². The second-order valence-electron chi connectivity index (χ2n) is 4.70. The number of benzene rings is 2. The molecule has 0 saturated heterocycles. The molecule has 0 radical (unpaired) electrons. The van der Waals surface area contributed by atoms with Crippen LogP contribution in [0.5, 0.6) is 0 Å². The lowest BCUT2D eigenvalue weighted by molar-refractivity contribution is 0.589. The van der Waals surface area contributed by atoms with Gasteiger partial charge >= 0.3 is 0 Å². The normalized spacial score (nSPS) is 18.0. The number of nitrogens with zero attached hydrogens (tertiary/aromatic N) is 2. The Hall–Kier alpha value is -1.59. The lowest BCUT2D eigenvalue weighted by Crippen LogP contribution is -2.36. The van der Waals surface area contributed by atoms with E-state index in [2.05, 4.69) is 20.9 Å². The highest BCUT2D eigenvalue weighted by Gasteiger charge is 2.30. The molecule has 1 atom stereocenters. The number of aliphatic imine (C=N–C) groups is 1. The van der Waals surface area contributed by atoms with Gasteiger partial charge in [0.05, 0.1) is 17.6 Å². The zero-order valence-corrected chi connectivity index (χ0v) is 13.3. The standard InChI is InChI=1S/C15H12BrClFN3/c16-11-7-9(5-6-12(11)17)21-14(8-20-15(21)19)10-3-1-2-4-13(10)18/h1-7,14H,8H2,(H2,19,20). The Balaban J connectivity index is 2.03. The quantitative estimate of drug-likeness (QED) is 0.866. The van der Waals surface area contributed by atoms with Crippen molar-refractivity contribution < 1.29 is 4.39 Å². The molecule has 21 heavy (non-hydrogen) atoms. The van der Waals surface area contributed by atoms with Crippen molar-refractivity contribution >= 4 is 39.2 Å². The molecule has 2 aromatic rings. The minimum Gasteiger partial charge on any atom is -0.369 e. The van der Waals surface area contributed by atoms with Crippen LogP contribution in [0, 0.1) is 5.82 Å². The summed E-state index contributed by atoms with van der Waals surface area (Å²) in [6.07, 6.45) is 0. The predicted molar refractivity (Wildman–Crippen MR) is 87.3 cm³/mol. The highest BCUT2D eigenvalue weighted by atomic mass is 79.9. The molecule has 0 spiro atoms. The van der Waals surface area contributed by atoms with Crippen molar-refractivity contribution in [3.05, 3.63) is 63.3 Å². The number of rotatable bonds is 2. The van der Waals surface area contributed by atoms with Crippen molar-refractivity contribution in [2.75, 3.05) is 11.4 Å². The van der Waals surface area contributed by atoms with Gasteiger partial charge in [0.2, 0.25) is 0 Å². The summed E-state index contributed by atoms with van der Waals surface area (Å²) in [5, 5.41) is 0.607. The van der Waals surface area contributed by atoms with E-state index in [4.69, 9.17) is 17.3 Å². The second kappa shape index (κ2) is 5.66. The summed E-state index contributed by atoms with van der Waals surface area (Å²) in [5.41, 5.74) is 7.38. The van der Waals surface area contributed by atoms with Crippen LogP contribution < -0.4 is 10.6 Å². The molecule has 6 heteroatoms. The van der Waals surface area contributed by atoms with E-state index in [-0.39, 0.29) is 11.9 Å². The molecule has 0 bridgehead atoms. The lowest BCUT2D eigenvalue weighted by Gasteiger charge is -2.27. The van der Waals surface area contributed by atoms with Crippen molar-refractivity contribution in [3.63, 3.8) is 0 Å². The van der Waals surface area contributed by atoms with Gasteiger partial charge in [0.15, 0.2) is 5.96 Å². The van der Waals surface area contributed by atoms with Gasteiger partial charge in [0.25, 0.3) is 0 Å². The Morgan fingerprint density at radius 2 is 2.05 bits per heavy atom. The van der Waals surface area contributed by atoms with E-state index in [1.807, 2.05) is 23.1 Å². The second-order valence-corrected chi connectivity index (χ2v) is 5.97. The Labute approximate surface area is 135 Å². The topological polar surface area (TPSA) is 41.6 Å². The van der Waals surface area contributed by atoms with Crippen molar-refractivity contribution in [2.24, 2.45) is 10.7 Å². The summed E-state index contributed by atoms with van der Waals surface area (Å²) in [6, 6.07) is 11.9. The van der Waals surface area contributed by atoms with E-state index < -0.39 is 0 Å². The molecule has 1 aliphatic heterocycles. The Bertz CT molecular complexity index is 720. The fourth-order valence-corrected chi connectivity index (χ4v) is 2.91. The third-order valence-electron chi connectivity index (χ3n) is 3.43. The average Bonchev–Trinajstić information content (AvgIpc) is 2.84. The summed E-state index contributed by atoms with van der Waals surface area (Å²) in [7, 11) is 0. The molecule has 0 aliphatic carbocycles. The first kappa shape index (κ1) is 14.4. The Kier molecular flexibility index (Phi) is 3.87. The van der Waals surface area contributed by atoms with Crippen LogP contribution in [-0.2, 0) is 0 Å². The lowest BCUT2D eigenvalue weighted by atomic mass is 10.0. The first-order valence-electron chi connectivity index (χ1n) is 6.36. The highest BCUT2D eigenvalue weighted by Crippen LogP contribution is 2.35. The predicted octanol–water partition coefficient (Wildman–Crippen LogP) is 4.12. The van der Waals surface area contributed by atoms with Gasteiger partial charge in [0.1, 0.15) is 5.82 Å². The van der Waals surface area contributed by atoms with Crippen LogP contribution in [-0.4, -0.2) is 12.5 Å². The smallest absolute Gasteiger partial charge is 0.196 e. The van der Waals surface area contributed by atoms with E-state index >= 15 is 0 Å². The zero-order valence-electron chi connectivity index (χ0n) is 10.9. The van der Waals surface area contributed by atoms with Gasteiger partial charge in [-0.25, -0.2) is 4.39 Å². The molecule has 0 saturated carbocycles. The van der Waals surface area contributed by atoms with Gasteiger partial charge in [-0.15, -0.1) is 0 Å². The molecule has 108 valence electrons. The maximum atomic E-state index is 14.1. The van der Waals surface area contributed by atoms with Crippen molar-refractivity contribution in [3.8, 4) is 0 Å². The van der Waals surface area contributed by atoms with Gasteiger partial charge in [0, 0.05) is 15.7 Å². The molecule has 2 N–H and O–H groups in total. The minimum absolute atomic E-state index is 0.251. The number of halogens is 3. The molecule has 0 amide bonds. The van der Waals surface area contributed by atoms with E-state index in [1.165, 1.54) is 6.07 Å². The first-order chi connectivity index (χ1) is 10.1. The first-order valence-corrected chi connectivity index (χ1v) is 7.53. The molecule has 1 heterocycles. The van der Waals surface area contributed by atoms with Gasteiger partial charge in [-0.3, -0.25) is 4.99 Å². The number of hydrogen-bond donors (Lipinski definition) is 1. The fraction of sp³-hybridized carbons (Fsp3) is 0.133. The summed E-state index contributed by atoms with van der Waals surface area (Å²) in [5.74, 6) is 0.114. The fourth-order valence-electron chi connectivity index (χ4n) is 2.43. The van der Waals surface area contributed by atoms with E-state index in [9.17, 15) is 4.39 Å². The van der Waals surface area contributed by atoms with Crippen molar-refractivity contribution in [1.29, 1.82) is 0 Å². The van der Waals surface area contributed by atoms with E-state index in [0.717, 1.165) is 10.2 Å². The van der Waals surface area contributed by atoms with Gasteiger partial charge in [-0.2, -0.15) is 0 Å². The summed E-state index contributed by atoms with van der Waals surface area (Å²) >= 11 is 9.41. The van der Waals surface area contributed by atoms with Crippen LogP contribution in [0.15, 0.2) is 51.9 Å². The van der Waals surface area contributed by atoms with Crippen LogP contribution in [0.3, 0.4) is 0 Å². The molecule has 1 unspecified atom stereocenters. The molecule has 0 fully saturated rings. The monoisotopic (exact) mass is 367 g/mol. The molecule has 1 aliphatic rings.